The number of hydrogen-bond donors (Lipinski definition) is 0. The highest BCUT2D eigenvalue weighted by molar-refractivity contribution is 8.00. The van der Waals surface area contributed by atoms with E-state index in [0.29, 0.717) is 34.8 Å². The summed E-state index contributed by atoms with van der Waals surface area (Å²) in [5.74, 6) is 1.17. The van der Waals surface area contributed by atoms with Crippen LogP contribution >= 0.6 is 11.8 Å². The zero-order valence-corrected chi connectivity index (χ0v) is 21.0. The Labute approximate surface area is 199 Å². The fraction of sp³-hybridized carbons (Fsp3) is 0.600. The van der Waals surface area contributed by atoms with Crippen LogP contribution < -0.4 is 5.56 Å². The van der Waals surface area contributed by atoms with Gasteiger partial charge in [0.2, 0.25) is 11.7 Å². The van der Waals surface area contributed by atoms with Crippen molar-refractivity contribution in [1.29, 1.82) is 0 Å². The van der Waals surface area contributed by atoms with Crippen LogP contribution in [0.5, 0.6) is 0 Å². The number of thioether (sulfide) groups is 1. The number of fused-ring (bicyclic) bond motifs is 3. The largest absolute Gasteiger partial charge is 0.339 e. The monoisotopic (exact) mass is 469 g/mol. The van der Waals surface area contributed by atoms with Gasteiger partial charge in [-0.2, -0.15) is 0 Å². The minimum atomic E-state index is -0.283. The van der Waals surface area contributed by atoms with Gasteiger partial charge in [0.15, 0.2) is 5.16 Å². The van der Waals surface area contributed by atoms with Crippen molar-refractivity contribution in [3.63, 3.8) is 0 Å². The number of carbonyl (C=O) groups is 1. The first kappa shape index (κ1) is 23.8. The van der Waals surface area contributed by atoms with Gasteiger partial charge in [0.1, 0.15) is 0 Å². The second-order valence-electron chi connectivity index (χ2n) is 9.45. The molecular formula is C25H35N5O2S. The normalized spacial score (nSPS) is 16.0. The van der Waals surface area contributed by atoms with Gasteiger partial charge in [0.25, 0.3) is 5.56 Å². The third-order valence-electron chi connectivity index (χ3n) is 6.68. The molecular weight excluding hydrogens is 434 g/mol. The molecule has 1 aliphatic carbocycles. The van der Waals surface area contributed by atoms with E-state index in [0.717, 1.165) is 31.3 Å². The summed E-state index contributed by atoms with van der Waals surface area (Å²) in [4.78, 5) is 28.7. The maximum Gasteiger partial charge on any atom is 0.262 e. The highest BCUT2D eigenvalue weighted by atomic mass is 32.2. The van der Waals surface area contributed by atoms with Gasteiger partial charge in [-0.1, -0.05) is 57.0 Å². The van der Waals surface area contributed by atoms with E-state index < -0.39 is 0 Å². The third-order valence-corrected chi connectivity index (χ3v) is 7.71. The zero-order valence-electron chi connectivity index (χ0n) is 20.2. The van der Waals surface area contributed by atoms with E-state index in [1.807, 2.05) is 35.6 Å². The molecule has 0 aliphatic heterocycles. The summed E-state index contributed by atoms with van der Waals surface area (Å²) in [6, 6.07) is 7.93. The Morgan fingerprint density at radius 1 is 1.15 bits per heavy atom. The summed E-state index contributed by atoms with van der Waals surface area (Å²) in [7, 11) is 0. The first-order valence-electron chi connectivity index (χ1n) is 12.3. The van der Waals surface area contributed by atoms with Crippen LogP contribution in [0.4, 0.5) is 0 Å². The molecule has 0 spiro atoms. The number of para-hydroxylation sites is 1. The van der Waals surface area contributed by atoms with Gasteiger partial charge < -0.3 is 4.90 Å². The number of hydrogen-bond acceptors (Lipinski definition) is 5. The first-order valence-corrected chi connectivity index (χ1v) is 13.1. The average molecular weight is 470 g/mol. The Kier molecular flexibility index (Phi) is 7.41. The molecule has 1 aliphatic rings. The smallest absolute Gasteiger partial charge is 0.262 e. The molecule has 0 bridgehead atoms. The Morgan fingerprint density at radius 2 is 1.88 bits per heavy atom. The lowest BCUT2D eigenvalue weighted by Crippen LogP contribution is -2.44. The predicted octanol–water partition coefficient (Wildman–Crippen LogP) is 4.75. The van der Waals surface area contributed by atoms with Crippen LogP contribution in [0, 0.1) is 5.92 Å². The Hall–Kier alpha value is -2.35. The number of nitrogens with zero attached hydrogens (tertiary/aromatic N) is 5. The Balaban J connectivity index is 1.69. The fourth-order valence-electron chi connectivity index (χ4n) is 4.83. The molecule has 178 valence electrons. The van der Waals surface area contributed by atoms with Crippen LogP contribution in [-0.4, -0.2) is 47.8 Å². The molecule has 1 atom stereocenters. The number of aromatic nitrogens is 4. The topological polar surface area (TPSA) is 72.5 Å². The van der Waals surface area contributed by atoms with E-state index in [9.17, 15) is 9.59 Å². The van der Waals surface area contributed by atoms with Crippen molar-refractivity contribution in [2.24, 2.45) is 5.92 Å². The molecule has 33 heavy (non-hydrogen) atoms. The molecule has 8 heteroatoms. The second kappa shape index (κ2) is 10.3. The maximum atomic E-state index is 13.4. The van der Waals surface area contributed by atoms with E-state index in [4.69, 9.17) is 0 Å². The Morgan fingerprint density at radius 3 is 2.58 bits per heavy atom. The van der Waals surface area contributed by atoms with Crippen LogP contribution in [0.2, 0.25) is 0 Å². The van der Waals surface area contributed by atoms with Crippen LogP contribution in [-0.2, 0) is 11.3 Å². The molecule has 0 N–H and O–H groups in total. The van der Waals surface area contributed by atoms with Gasteiger partial charge in [-0.15, -0.1) is 10.2 Å². The lowest BCUT2D eigenvalue weighted by molar-refractivity contribution is -0.133. The molecule has 2 heterocycles. The van der Waals surface area contributed by atoms with E-state index in [-0.39, 0.29) is 16.7 Å². The standard InChI is InChI=1S/C25H35N5O2S/c1-5-28(19-11-7-6-8-12-19)22(31)18(4)33-25-27-26-24-29(16-15-17(2)3)23(32)20-13-9-10-14-21(20)30(24)25/h9-10,13-14,17-19H,5-8,11-12,15-16H2,1-4H3. The quantitative estimate of drug-likeness (QED) is 0.445. The minimum Gasteiger partial charge on any atom is -0.339 e. The fourth-order valence-corrected chi connectivity index (χ4v) is 5.75. The number of benzene rings is 1. The number of aryl methyl sites for hydroxylation is 1. The van der Waals surface area contributed by atoms with Gasteiger partial charge in [0.05, 0.1) is 16.2 Å². The summed E-state index contributed by atoms with van der Waals surface area (Å²) in [5.41, 5.74) is 0.742. The van der Waals surface area contributed by atoms with Crippen molar-refractivity contribution in [2.75, 3.05) is 6.54 Å². The lowest BCUT2D eigenvalue weighted by Gasteiger charge is -2.35. The van der Waals surface area contributed by atoms with Gasteiger partial charge in [-0.25, -0.2) is 0 Å². The molecule has 1 aromatic carbocycles. The van der Waals surface area contributed by atoms with Crippen molar-refractivity contribution in [2.45, 2.75) is 89.2 Å². The third kappa shape index (κ3) is 4.81. The number of rotatable bonds is 8. The SMILES string of the molecule is CCN(C(=O)C(C)Sc1nnc2n(CCC(C)C)c(=O)c3ccccc3n12)C1CCCCC1. The average Bonchev–Trinajstić information content (AvgIpc) is 3.23. The van der Waals surface area contributed by atoms with Crippen LogP contribution in [0.15, 0.2) is 34.2 Å². The summed E-state index contributed by atoms with van der Waals surface area (Å²) >= 11 is 1.43. The van der Waals surface area contributed by atoms with Gasteiger partial charge >= 0.3 is 0 Å². The van der Waals surface area contributed by atoms with Crippen molar-refractivity contribution < 1.29 is 4.79 Å². The minimum absolute atomic E-state index is 0.0405. The van der Waals surface area contributed by atoms with E-state index in [1.54, 1.807) is 4.57 Å². The summed E-state index contributed by atoms with van der Waals surface area (Å²) in [5, 5.41) is 9.86. The summed E-state index contributed by atoms with van der Waals surface area (Å²) in [6.07, 6.45) is 6.74. The molecule has 7 nitrogen and oxygen atoms in total. The van der Waals surface area contributed by atoms with Crippen molar-refractivity contribution in [3.05, 3.63) is 34.6 Å². The highest BCUT2D eigenvalue weighted by Gasteiger charge is 2.29. The van der Waals surface area contributed by atoms with Crippen molar-refractivity contribution in [3.8, 4) is 0 Å². The maximum absolute atomic E-state index is 13.4. The number of carbonyl (C=O) groups excluding carboxylic acids is 1. The second-order valence-corrected chi connectivity index (χ2v) is 10.8. The molecule has 0 radical (unpaired) electrons. The lowest BCUT2D eigenvalue weighted by atomic mass is 9.94. The highest BCUT2D eigenvalue weighted by Crippen LogP contribution is 2.29. The molecule has 4 rings (SSSR count). The van der Waals surface area contributed by atoms with E-state index in [1.165, 1.54) is 31.0 Å². The van der Waals surface area contributed by atoms with Crippen molar-refractivity contribution in [1.82, 2.24) is 24.1 Å². The van der Waals surface area contributed by atoms with Gasteiger partial charge in [0, 0.05) is 19.1 Å². The molecule has 1 saturated carbocycles. The molecule has 1 unspecified atom stereocenters. The molecule has 1 amide bonds. The van der Waals surface area contributed by atoms with Gasteiger partial charge in [-0.3, -0.25) is 18.6 Å². The van der Waals surface area contributed by atoms with Crippen LogP contribution in [0.25, 0.3) is 16.7 Å². The summed E-state index contributed by atoms with van der Waals surface area (Å²) in [6.45, 7) is 9.63. The van der Waals surface area contributed by atoms with Crippen molar-refractivity contribution >= 4 is 34.3 Å². The van der Waals surface area contributed by atoms with E-state index in [2.05, 4.69) is 35.9 Å². The molecule has 1 fully saturated rings. The predicted molar refractivity (Wildman–Crippen MR) is 134 cm³/mol. The van der Waals surface area contributed by atoms with Gasteiger partial charge in [-0.05, 0) is 51.2 Å². The molecule has 2 aromatic heterocycles. The number of amides is 1. The van der Waals surface area contributed by atoms with Crippen LogP contribution in [0.3, 0.4) is 0 Å². The summed E-state index contributed by atoms with van der Waals surface area (Å²) < 4.78 is 3.68. The van der Waals surface area contributed by atoms with Crippen LogP contribution in [0.1, 0.15) is 66.2 Å². The zero-order chi connectivity index (χ0) is 23.5. The molecule has 0 saturated heterocycles. The first-order chi connectivity index (χ1) is 15.9. The Bertz CT molecular complexity index is 1180. The molecule has 3 aromatic rings. The van der Waals surface area contributed by atoms with E-state index >= 15 is 0 Å².